The Kier molecular flexibility index (Phi) is 4.08. The van der Waals surface area contributed by atoms with Gasteiger partial charge < -0.3 is 10.1 Å². The van der Waals surface area contributed by atoms with Crippen molar-refractivity contribution in [3.8, 4) is 5.69 Å². The monoisotopic (exact) mass is 272 g/mol. The molecule has 0 unspecified atom stereocenters. The molecule has 2 aromatic rings. The van der Waals surface area contributed by atoms with Crippen LogP contribution in [0.3, 0.4) is 0 Å². The second kappa shape index (κ2) is 6.15. The molecule has 5 heteroatoms. The number of aromatic nitrogens is 3. The molecule has 1 aromatic heterocycles. The Labute approximate surface area is 118 Å². The minimum absolute atomic E-state index is 0.442. The molecule has 1 aliphatic carbocycles. The third-order valence-corrected chi connectivity index (χ3v) is 3.60. The number of para-hydroxylation sites is 1. The van der Waals surface area contributed by atoms with Crippen molar-refractivity contribution in [2.24, 2.45) is 0 Å². The highest BCUT2D eigenvalue weighted by atomic mass is 16.5. The Hall–Kier alpha value is -1.72. The van der Waals surface area contributed by atoms with E-state index in [-0.39, 0.29) is 0 Å². The molecule has 1 aliphatic rings. The molecule has 1 saturated carbocycles. The molecule has 1 N–H and O–H groups in total. The normalized spacial score (nSPS) is 21.6. The molecule has 0 amide bonds. The Morgan fingerprint density at radius 3 is 2.85 bits per heavy atom. The van der Waals surface area contributed by atoms with E-state index in [4.69, 9.17) is 4.74 Å². The minimum Gasteiger partial charge on any atom is -0.378 e. The number of nitrogens with one attached hydrogen (secondary N) is 1. The molecule has 0 spiro atoms. The lowest BCUT2D eigenvalue weighted by Crippen LogP contribution is -2.45. The summed E-state index contributed by atoms with van der Waals surface area (Å²) in [7, 11) is 0. The molecule has 0 aliphatic heterocycles. The zero-order chi connectivity index (χ0) is 13.8. The van der Waals surface area contributed by atoms with Crippen molar-refractivity contribution in [3.63, 3.8) is 0 Å². The van der Waals surface area contributed by atoms with Gasteiger partial charge in [0.2, 0.25) is 0 Å². The third-order valence-electron chi connectivity index (χ3n) is 3.60. The van der Waals surface area contributed by atoms with Gasteiger partial charge in [0.25, 0.3) is 0 Å². The lowest BCUT2D eigenvalue weighted by molar-refractivity contribution is -0.0103. The lowest BCUT2D eigenvalue weighted by atomic mass is 9.89. The number of benzene rings is 1. The Morgan fingerprint density at radius 2 is 2.10 bits per heavy atom. The summed E-state index contributed by atoms with van der Waals surface area (Å²) in [6.07, 6.45) is 4.46. The van der Waals surface area contributed by atoms with E-state index < -0.39 is 0 Å². The molecule has 1 heterocycles. The highest BCUT2D eigenvalue weighted by Gasteiger charge is 2.28. The predicted molar refractivity (Wildman–Crippen MR) is 76.6 cm³/mol. The van der Waals surface area contributed by atoms with E-state index in [0.29, 0.717) is 12.1 Å². The quantitative estimate of drug-likeness (QED) is 0.873. The summed E-state index contributed by atoms with van der Waals surface area (Å²) >= 11 is 0. The molecule has 1 fully saturated rings. The topological polar surface area (TPSA) is 52.0 Å². The first-order valence-corrected chi connectivity index (χ1v) is 7.17. The van der Waals surface area contributed by atoms with E-state index in [1.54, 1.807) is 4.80 Å². The smallest absolute Gasteiger partial charge is 0.0969 e. The van der Waals surface area contributed by atoms with Crippen LogP contribution in [0.4, 0.5) is 0 Å². The third kappa shape index (κ3) is 3.05. The van der Waals surface area contributed by atoms with Gasteiger partial charge in [0.05, 0.1) is 23.7 Å². The maximum absolute atomic E-state index is 5.55. The van der Waals surface area contributed by atoms with Crippen molar-refractivity contribution in [3.05, 3.63) is 42.2 Å². The Morgan fingerprint density at radius 1 is 1.30 bits per heavy atom. The first-order chi connectivity index (χ1) is 9.85. The van der Waals surface area contributed by atoms with Crippen LogP contribution in [0.15, 0.2) is 36.5 Å². The highest BCUT2D eigenvalue weighted by Crippen LogP contribution is 2.23. The molecule has 106 valence electrons. The first kappa shape index (κ1) is 13.3. The Balaban J connectivity index is 1.49. The molecular weight excluding hydrogens is 252 g/mol. The van der Waals surface area contributed by atoms with E-state index in [1.165, 1.54) is 0 Å². The maximum atomic E-state index is 5.55. The number of nitrogens with zero attached hydrogens (tertiary/aromatic N) is 3. The number of hydrogen-bond donors (Lipinski definition) is 1. The second-order valence-corrected chi connectivity index (χ2v) is 5.09. The van der Waals surface area contributed by atoms with Gasteiger partial charge in [0.15, 0.2) is 0 Å². The van der Waals surface area contributed by atoms with Gasteiger partial charge in [-0.25, -0.2) is 0 Å². The van der Waals surface area contributed by atoms with Crippen LogP contribution in [0.1, 0.15) is 25.5 Å². The summed E-state index contributed by atoms with van der Waals surface area (Å²) in [4.78, 5) is 1.67. The first-order valence-electron chi connectivity index (χ1n) is 7.17. The van der Waals surface area contributed by atoms with Crippen molar-refractivity contribution < 1.29 is 4.74 Å². The van der Waals surface area contributed by atoms with Crippen molar-refractivity contribution in [1.29, 1.82) is 0 Å². The average molecular weight is 272 g/mol. The standard InChI is InChI=1S/C15H20N4O/c1-2-20-15-8-12(9-15)16-10-13-11-17-19(18-13)14-6-4-3-5-7-14/h3-7,11-12,15-16H,2,8-10H2,1H3. The molecule has 0 atom stereocenters. The molecular formula is C15H20N4O. The van der Waals surface area contributed by atoms with Crippen molar-refractivity contribution in [1.82, 2.24) is 20.3 Å². The van der Waals surface area contributed by atoms with Crippen LogP contribution in [0.2, 0.25) is 0 Å². The molecule has 0 saturated heterocycles. The summed E-state index contributed by atoms with van der Waals surface area (Å²) in [5.74, 6) is 0. The van der Waals surface area contributed by atoms with Gasteiger partial charge in [0, 0.05) is 19.2 Å². The Bertz CT molecular complexity index is 534. The number of rotatable bonds is 6. The van der Waals surface area contributed by atoms with Crippen LogP contribution in [0, 0.1) is 0 Å². The van der Waals surface area contributed by atoms with E-state index in [0.717, 1.165) is 37.4 Å². The van der Waals surface area contributed by atoms with Crippen molar-refractivity contribution in [2.45, 2.75) is 38.5 Å². The molecule has 0 bridgehead atoms. The maximum Gasteiger partial charge on any atom is 0.0969 e. The molecule has 3 rings (SSSR count). The molecule has 1 aromatic carbocycles. The van der Waals surface area contributed by atoms with Crippen LogP contribution in [-0.4, -0.2) is 33.7 Å². The van der Waals surface area contributed by atoms with Gasteiger partial charge in [-0.15, -0.1) is 0 Å². The van der Waals surface area contributed by atoms with Crippen LogP contribution in [0.25, 0.3) is 5.69 Å². The van der Waals surface area contributed by atoms with E-state index in [1.807, 2.05) is 43.5 Å². The van der Waals surface area contributed by atoms with Gasteiger partial charge in [0.1, 0.15) is 0 Å². The van der Waals surface area contributed by atoms with Crippen molar-refractivity contribution in [2.75, 3.05) is 6.61 Å². The molecule has 0 radical (unpaired) electrons. The summed E-state index contributed by atoms with van der Waals surface area (Å²) in [6, 6.07) is 10.5. The largest absolute Gasteiger partial charge is 0.378 e. The fraction of sp³-hybridized carbons (Fsp3) is 0.467. The van der Waals surface area contributed by atoms with E-state index in [9.17, 15) is 0 Å². The fourth-order valence-corrected chi connectivity index (χ4v) is 2.41. The lowest BCUT2D eigenvalue weighted by Gasteiger charge is -2.35. The minimum atomic E-state index is 0.442. The summed E-state index contributed by atoms with van der Waals surface area (Å²) in [6.45, 7) is 3.61. The summed E-state index contributed by atoms with van der Waals surface area (Å²) in [5.41, 5.74) is 1.95. The van der Waals surface area contributed by atoms with E-state index in [2.05, 4.69) is 15.5 Å². The number of hydrogen-bond acceptors (Lipinski definition) is 4. The van der Waals surface area contributed by atoms with Crippen LogP contribution >= 0.6 is 0 Å². The van der Waals surface area contributed by atoms with Gasteiger partial charge in [-0.1, -0.05) is 18.2 Å². The average Bonchev–Trinajstić information content (AvgIpc) is 2.91. The van der Waals surface area contributed by atoms with Gasteiger partial charge in [-0.2, -0.15) is 15.0 Å². The van der Waals surface area contributed by atoms with Gasteiger partial charge in [-0.05, 0) is 31.9 Å². The molecule has 20 heavy (non-hydrogen) atoms. The SMILES string of the molecule is CCOC1CC(NCc2cnn(-c3ccccc3)n2)C1. The van der Waals surface area contributed by atoms with Crippen LogP contribution in [-0.2, 0) is 11.3 Å². The van der Waals surface area contributed by atoms with Crippen LogP contribution < -0.4 is 5.32 Å². The van der Waals surface area contributed by atoms with Crippen LogP contribution in [0.5, 0.6) is 0 Å². The van der Waals surface area contributed by atoms with Gasteiger partial charge in [-0.3, -0.25) is 0 Å². The predicted octanol–water partition coefficient (Wildman–Crippen LogP) is 1.92. The summed E-state index contributed by atoms with van der Waals surface area (Å²) in [5, 5.41) is 12.3. The zero-order valence-corrected chi connectivity index (χ0v) is 11.7. The van der Waals surface area contributed by atoms with Gasteiger partial charge >= 0.3 is 0 Å². The summed E-state index contributed by atoms with van der Waals surface area (Å²) < 4.78 is 5.55. The number of ether oxygens (including phenoxy) is 1. The van der Waals surface area contributed by atoms with E-state index >= 15 is 0 Å². The van der Waals surface area contributed by atoms with Crippen molar-refractivity contribution >= 4 is 0 Å². The molecule has 5 nitrogen and oxygen atoms in total. The second-order valence-electron chi connectivity index (χ2n) is 5.09. The zero-order valence-electron chi connectivity index (χ0n) is 11.7. The highest BCUT2D eigenvalue weighted by molar-refractivity contribution is 5.28. The fourth-order valence-electron chi connectivity index (χ4n) is 2.41.